The Labute approximate surface area is 140 Å². The first-order valence-corrected chi connectivity index (χ1v) is 8.75. The largest absolute Gasteiger partial charge is 0.377 e. The number of piperidine rings is 1. The number of nitrogens with one attached hydrogen (secondary N) is 1. The molecule has 0 atom stereocenters. The smallest absolute Gasteiger partial charge is 0.243 e. The van der Waals surface area contributed by atoms with Crippen LogP contribution in [0.3, 0.4) is 0 Å². The molecule has 0 radical (unpaired) electrons. The number of hydrogen-bond acceptors (Lipinski definition) is 4. The second-order valence-electron chi connectivity index (χ2n) is 5.81. The van der Waals surface area contributed by atoms with Gasteiger partial charge in [-0.15, -0.1) is 12.4 Å². The first-order chi connectivity index (χ1) is 9.86. The topological polar surface area (TPSA) is 52.7 Å². The van der Waals surface area contributed by atoms with Crippen LogP contribution in [0.15, 0.2) is 23.1 Å². The molecule has 0 saturated carbocycles. The van der Waals surface area contributed by atoms with Crippen LogP contribution >= 0.6 is 12.4 Å². The molecule has 2 rings (SSSR count). The SMILES string of the molecule is CNC1CCN(S(=O)(=O)c2ccc(C)c(N(C)C)c2)CC1.Cl. The number of halogens is 1. The van der Waals surface area contributed by atoms with Gasteiger partial charge >= 0.3 is 0 Å². The van der Waals surface area contributed by atoms with Gasteiger partial charge in [0.2, 0.25) is 10.0 Å². The van der Waals surface area contributed by atoms with Crippen molar-refractivity contribution in [1.82, 2.24) is 9.62 Å². The fourth-order valence-electron chi connectivity index (χ4n) is 2.77. The van der Waals surface area contributed by atoms with E-state index in [1.807, 2.05) is 39.0 Å². The van der Waals surface area contributed by atoms with Gasteiger partial charge in [0, 0.05) is 38.9 Å². The van der Waals surface area contributed by atoms with Gasteiger partial charge in [-0.25, -0.2) is 8.42 Å². The van der Waals surface area contributed by atoms with Crippen molar-refractivity contribution in [3.8, 4) is 0 Å². The molecule has 1 aromatic carbocycles. The van der Waals surface area contributed by atoms with Crippen molar-refractivity contribution in [2.75, 3.05) is 39.1 Å². The summed E-state index contributed by atoms with van der Waals surface area (Å²) >= 11 is 0. The summed E-state index contributed by atoms with van der Waals surface area (Å²) < 4.78 is 27.1. The highest BCUT2D eigenvalue weighted by atomic mass is 35.5. The number of nitrogens with zero attached hydrogens (tertiary/aromatic N) is 2. The second-order valence-corrected chi connectivity index (χ2v) is 7.75. The fourth-order valence-corrected chi connectivity index (χ4v) is 4.26. The molecule has 1 N–H and O–H groups in total. The number of benzene rings is 1. The predicted molar refractivity (Wildman–Crippen MR) is 93.6 cm³/mol. The molecule has 1 aromatic rings. The van der Waals surface area contributed by atoms with Crippen molar-refractivity contribution in [2.24, 2.45) is 0 Å². The normalized spacial score (nSPS) is 17.1. The van der Waals surface area contributed by atoms with Gasteiger partial charge in [-0.1, -0.05) is 6.07 Å². The van der Waals surface area contributed by atoms with Crippen molar-refractivity contribution in [1.29, 1.82) is 0 Å². The molecule has 0 bridgehead atoms. The minimum atomic E-state index is -3.39. The summed E-state index contributed by atoms with van der Waals surface area (Å²) in [5.74, 6) is 0. The van der Waals surface area contributed by atoms with Crippen molar-refractivity contribution in [2.45, 2.75) is 30.7 Å². The molecule has 22 heavy (non-hydrogen) atoms. The van der Waals surface area contributed by atoms with E-state index in [4.69, 9.17) is 0 Å². The minimum absolute atomic E-state index is 0. The number of rotatable bonds is 4. The number of anilines is 1. The third-order valence-electron chi connectivity index (χ3n) is 4.16. The predicted octanol–water partition coefficient (Wildman–Crippen LogP) is 1.86. The standard InChI is InChI=1S/C15H25N3O2S.ClH/c1-12-5-6-14(11-15(12)17(3)4)21(19,20)18-9-7-13(16-2)8-10-18;/h5-6,11,13,16H,7-10H2,1-4H3;1H. The lowest BCUT2D eigenvalue weighted by atomic mass is 10.1. The summed E-state index contributed by atoms with van der Waals surface area (Å²) in [7, 11) is 2.40. The van der Waals surface area contributed by atoms with Gasteiger partial charge < -0.3 is 10.2 Å². The van der Waals surface area contributed by atoms with Crippen LogP contribution in [0.25, 0.3) is 0 Å². The Morgan fingerprint density at radius 2 is 1.82 bits per heavy atom. The van der Waals surface area contributed by atoms with Crippen LogP contribution in [0.4, 0.5) is 5.69 Å². The Hall–Kier alpha value is -0.820. The third-order valence-corrected chi connectivity index (χ3v) is 6.06. The van der Waals surface area contributed by atoms with Gasteiger partial charge in [0.25, 0.3) is 0 Å². The van der Waals surface area contributed by atoms with E-state index < -0.39 is 10.0 Å². The Morgan fingerprint density at radius 1 is 1.23 bits per heavy atom. The van der Waals surface area contributed by atoms with E-state index in [-0.39, 0.29) is 12.4 Å². The summed E-state index contributed by atoms with van der Waals surface area (Å²) in [5.41, 5.74) is 2.02. The highest BCUT2D eigenvalue weighted by molar-refractivity contribution is 7.89. The fraction of sp³-hybridized carbons (Fsp3) is 0.600. The number of sulfonamides is 1. The van der Waals surface area contributed by atoms with Gasteiger partial charge in [-0.3, -0.25) is 0 Å². The summed E-state index contributed by atoms with van der Waals surface area (Å²) in [6.45, 7) is 3.15. The van der Waals surface area contributed by atoms with Crippen LogP contribution in [0.1, 0.15) is 18.4 Å². The molecule has 0 aromatic heterocycles. The van der Waals surface area contributed by atoms with E-state index in [1.54, 1.807) is 16.4 Å². The zero-order valence-electron chi connectivity index (χ0n) is 13.7. The second kappa shape index (κ2) is 7.64. The maximum Gasteiger partial charge on any atom is 0.243 e. The molecule has 1 saturated heterocycles. The molecule has 1 aliphatic rings. The lowest BCUT2D eigenvalue weighted by Crippen LogP contribution is -2.43. The van der Waals surface area contributed by atoms with E-state index in [0.29, 0.717) is 24.0 Å². The molecule has 0 unspecified atom stereocenters. The monoisotopic (exact) mass is 347 g/mol. The summed E-state index contributed by atoms with van der Waals surface area (Å²) in [6, 6.07) is 5.78. The van der Waals surface area contributed by atoms with E-state index >= 15 is 0 Å². The zero-order valence-corrected chi connectivity index (χ0v) is 15.3. The highest BCUT2D eigenvalue weighted by Crippen LogP contribution is 2.26. The van der Waals surface area contributed by atoms with Crippen LogP contribution in [-0.4, -0.2) is 53.0 Å². The van der Waals surface area contributed by atoms with E-state index in [1.165, 1.54) is 0 Å². The van der Waals surface area contributed by atoms with Crippen molar-refractivity contribution in [3.05, 3.63) is 23.8 Å². The third kappa shape index (κ3) is 3.93. The molecule has 0 aliphatic carbocycles. The maximum atomic E-state index is 12.8. The van der Waals surface area contributed by atoms with Crippen molar-refractivity contribution < 1.29 is 8.42 Å². The van der Waals surface area contributed by atoms with Crippen molar-refractivity contribution >= 4 is 28.1 Å². The molecule has 126 valence electrons. The molecule has 1 fully saturated rings. The molecule has 0 spiro atoms. The number of aryl methyl sites for hydroxylation is 1. The molecule has 1 heterocycles. The van der Waals surface area contributed by atoms with Crippen LogP contribution in [-0.2, 0) is 10.0 Å². The van der Waals surface area contributed by atoms with Gasteiger partial charge in [-0.05, 0) is 44.5 Å². The Bertz CT molecular complexity index is 597. The minimum Gasteiger partial charge on any atom is -0.377 e. The molecule has 5 nitrogen and oxygen atoms in total. The van der Waals surface area contributed by atoms with Crippen molar-refractivity contribution in [3.63, 3.8) is 0 Å². The Kier molecular flexibility index (Phi) is 6.67. The van der Waals surface area contributed by atoms with Crippen LogP contribution < -0.4 is 10.2 Å². The van der Waals surface area contributed by atoms with Gasteiger partial charge in [0.1, 0.15) is 0 Å². The number of hydrogen-bond donors (Lipinski definition) is 1. The maximum absolute atomic E-state index is 12.8. The first kappa shape index (κ1) is 19.2. The van der Waals surface area contributed by atoms with E-state index in [0.717, 1.165) is 24.1 Å². The Morgan fingerprint density at radius 3 is 2.32 bits per heavy atom. The molecule has 1 aliphatic heterocycles. The summed E-state index contributed by atoms with van der Waals surface area (Å²) in [5, 5.41) is 3.22. The lowest BCUT2D eigenvalue weighted by molar-refractivity contribution is 0.298. The van der Waals surface area contributed by atoms with Gasteiger partial charge in [0.15, 0.2) is 0 Å². The first-order valence-electron chi connectivity index (χ1n) is 7.31. The molecular weight excluding hydrogens is 322 g/mol. The van der Waals surface area contributed by atoms with Crippen LogP contribution in [0.5, 0.6) is 0 Å². The zero-order chi connectivity index (χ0) is 15.6. The molecule has 0 amide bonds. The van der Waals surface area contributed by atoms with Gasteiger partial charge in [0.05, 0.1) is 4.90 Å². The average molecular weight is 348 g/mol. The molecular formula is C15H26ClN3O2S. The van der Waals surface area contributed by atoms with E-state index in [2.05, 4.69) is 5.32 Å². The summed E-state index contributed by atoms with van der Waals surface area (Å²) in [4.78, 5) is 2.33. The summed E-state index contributed by atoms with van der Waals surface area (Å²) in [6.07, 6.45) is 1.73. The van der Waals surface area contributed by atoms with E-state index in [9.17, 15) is 8.42 Å². The quantitative estimate of drug-likeness (QED) is 0.903. The van der Waals surface area contributed by atoms with Gasteiger partial charge in [-0.2, -0.15) is 4.31 Å². The Balaban J connectivity index is 0.00000242. The lowest BCUT2D eigenvalue weighted by Gasteiger charge is -2.31. The molecule has 7 heteroatoms. The van der Waals surface area contributed by atoms with Crippen LogP contribution in [0.2, 0.25) is 0 Å². The average Bonchev–Trinajstić information content (AvgIpc) is 2.47. The highest BCUT2D eigenvalue weighted by Gasteiger charge is 2.29. The van der Waals surface area contributed by atoms with Crippen LogP contribution in [0, 0.1) is 6.92 Å².